The number of hydrogen-bond donors (Lipinski definition) is 1. The number of thiol groups is 1. The van der Waals surface area contributed by atoms with Crippen LogP contribution in [0.5, 0.6) is 5.75 Å². The molecule has 0 saturated heterocycles. The third-order valence-electron chi connectivity index (χ3n) is 2.72. The molecule has 0 heterocycles. The van der Waals surface area contributed by atoms with E-state index in [4.69, 9.17) is 27.9 Å². The normalized spacial score (nSPS) is 17.5. The fourth-order valence-corrected chi connectivity index (χ4v) is 2.09. The summed E-state index contributed by atoms with van der Waals surface area (Å²) in [5.41, 5.74) is 0.273. The maximum absolute atomic E-state index is 5.99. The third-order valence-corrected chi connectivity index (χ3v) is 3.94. The zero-order valence-corrected chi connectivity index (χ0v) is 10.6. The van der Waals surface area contributed by atoms with Crippen molar-refractivity contribution in [2.24, 2.45) is 5.41 Å². The topological polar surface area (TPSA) is 9.23 Å². The predicted octanol–water partition coefficient (Wildman–Crippen LogP) is 4.08. The lowest BCUT2D eigenvalue weighted by Gasteiger charge is -2.14. The van der Waals surface area contributed by atoms with Crippen molar-refractivity contribution in [1.82, 2.24) is 0 Å². The van der Waals surface area contributed by atoms with Gasteiger partial charge in [-0.25, -0.2) is 0 Å². The van der Waals surface area contributed by atoms with Crippen molar-refractivity contribution >= 4 is 35.8 Å². The molecule has 2 rings (SSSR count). The smallest absolute Gasteiger partial charge is 0.139 e. The van der Waals surface area contributed by atoms with Gasteiger partial charge in [-0.15, -0.1) is 0 Å². The zero-order chi connectivity index (χ0) is 10.9. The number of hydrogen-bond acceptors (Lipinski definition) is 2. The summed E-state index contributed by atoms with van der Waals surface area (Å²) in [5, 5.41) is 1.25. The Morgan fingerprint density at radius 1 is 1.33 bits per heavy atom. The number of rotatable bonds is 4. The Kier molecular flexibility index (Phi) is 3.39. The van der Waals surface area contributed by atoms with Crippen LogP contribution in [-0.2, 0) is 0 Å². The molecule has 0 unspecified atom stereocenters. The summed E-state index contributed by atoms with van der Waals surface area (Å²) >= 11 is 16.2. The van der Waals surface area contributed by atoms with Crippen molar-refractivity contribution < 1.29 is 4.74 Å². The highest BCUT2D eigenvalue weighted by Crippen LogP contribution is 2.47. The molecule has 1 aromatic rings. The van der Waals surface area contributed by atoms with Crippen molar-refractivity contribution in [3.8, 4) is 5.75 Å². The minimum absolute atomic E-state index is 0.273. The molecule has 4 heteroatoms. The Morgan fingerprint density at radius 2 is 2.07 bits per heavy atom. The highest BCUT2D eigenvalue weighted by atomic mass is 35.5. The molecule has 0 spiro atoms. The van der Waals surface area contributed by atoms with E-state index < -0.39 is 0 Å². The molecule has 1 aliphatic rings. The van der Waals surface area contributed by atoms with Gasteiger partial charge in [-0.05, 0) is 30.7 Å². The van der Waals surface area contributed by atoms with Crippen LogP contribution in [-0.4, -0.2) is 12.4 Å². The van der Waals surface area contributed by atoms with Gasteiger partial charge in [-0.2, -0.15) is 12.6 Å². The van der Waals surface area contributed by atoms with E-state index >= 15 is 0 Å². The molecule has 1 saturated carbocycles. The van der Waals surface area contributed by atoms with Crippen LogP contribution in [0.3, 0.4) is 0 Å². The van der Waals surface area contributed by atoms with Gasteiger partial charge in [0.2, 0.25) is 0 Å². The summed E-state index contributed by atoms with van der Waals surface area (Å²) in [5.74, 6) is 1.53. The van der Waals surface area contributed by atoms with Crippen LogP contribution in [0.4, 0.5) is 0 Å². The Bertz CT molecular complexity index is 364. The number of benzene rings is 1. The zero-order valence-electron chi connectivity index (χ0n) is 8.17. The fraction of sp³-hybridized carbons (Fsp3) is 0.455. The van der Waals surface area contributed by atoms with Crippen LogP contribution < -0.4 is 4.74 Å². The SMILES string of the molecule is SCC1(COc2cc(Cl)ccc2Cl)CC1. The third kappa shape index (κ3) is 2.74. The second-order valence-corrected chi connectivity index (χ2v) is 5.18. The van der Waals surface area contributed by atoms with Gasteiger partial charge in [0.15, 0.2) is 0 Å². The van der Waals surface area contributed by atoms with E-state index in [0.29, 0.717) is 22.4 Å². The van der Waals surface area contributed by atoms with E-state index in [1.54, 1.807) is 18.2 Å². The van der Waals surface area contributed by atoms with Crippen LogP contribution >= 0.6 is 35.8 Å². The Balaban J connectivity index is 2.01. The first-order valence-electron chi connectivity index (χ1n) is 4.84. The first kappa shape index (κ1) is 11.4. The van der Waals surface area contributed by atoms with Gasteiger partial charge in [0.1, 0.15) is 5.75 Å². The highest BCUT2D eigenvalue weighted by molar-refractivity contribution is 7.80. The molecule has 82 valence electrons. The molecular formula is C11H12Cl2OS. The molecule has 0 bridgehead atoms. The lowest BCUT2D eigenvalue weighted by Crippen LogP contribution is -2.14. The Hall–Kier alpha value is -0.0500. The minimum atomic E-state index is 0.273. The Morgan fingerprint density at radius 3 is 2.67 bits per heavy atom. The van der Waals surface area contributed by atoms with Crippen LogP contribution in [0.25, 0.3) is 0 Å². The van der Waals surface area contributed by atoms with E-state index in [2.05, 4.69) is 12.6 Å². The van der Waals surface area contributed by atoms with Crippen LogP contribution in [0.1, 0.15) is 12.8 Å². The Labute approximate surface area is 105 Å². The summed E-state index contributed by atoms with van der Waals surface area (Å²) in [6, 6.07) is 5.25. The van der Waals surface area contributed by atoms with Gasteiger partial charge in [0.05, 0.1) is 11.6 Å². The molecule has 15 heavy (non-hydrogen) atoms. The fourth-order valence-electron chi connectivity index (χ4n) is 1.34. The summed E-state index contributed by atoms with van der Waals surface area (Å²) < 4.78 is 5.67. The number of halogens is 2. The van der Waals surface area contributed by atoms with E-state index in [1.165, 1.54) is 12.8 Å². The average Bonchev–Trinajstić information content (AvgIpc) is 3.00. The lowest BCUT2D eigenvalue weighted by atomic mass is 10.2. The number of ether oxygens (including phenoxy) is 1. The predicted molar refractivity (Wildman–Crippen MR) is 67.5 cm³/mol. The van der Waals surface area contributed by atoms with Crippen LogP contribution in [0.2, 0.25) is 10.0 Å². The summed E-state index contributed by atoms with van der Waals surface area (Å²) in [6.07, 6.45) is 2.38. The first-order chi connectivity index (χ1) is 7.15. The molecule has 0 N–H and O–H groups in total. The molecule has 0 aliphatic heterocycles. The molecule has 1 nitrogen and oxygen atoms in total. The average molecular weight is 263 g/mol. The van der Waals surface area contributed by atoms with Crippen molar-refractivity contribution in [2.45, 2.75) is 12.8 Å². The van der Waals surface area contributed by atoms with Gasteiger partial charge >= 0.3 is 0 Å². The molecule has 0 amide bonds. The maximum Gasteiger partial charge on any atom is 0.139 e. The maximum atomic E-state index is 5.99. The largest absolute Gasteiger partial charge is 0.491 e. The van der Waals surface area contributed by atoms with Crippen molar-refractivity contribution in [2.75, 3.05) is 12.4 Å². The van der Waals surface area contributed by atoms with Gasteiger partial charge in [-0.1, -0.05) is 23.2 Å². The van der Waals surface area contributed by atoms with Gasteiger partial charge < -0.3 is 4.74 Å². The van der Waals surface area contributed by atoms with Crippen LogP contribution in [0.15, 0.2) is 18.2 Å². The molecule has 1 fully saturated rings. The second kappa shape index (κ2) is 4.44. The monoisotopic (exact) mass is 262 g/mol. The standard InChI is InChI=1S/C11H12Cl2OS/c12-8-1-2-9(13)10(5-8)14-6-11(7-15)3-4-11/h1-2,5,15H,3-4,6-7H2. The van der Waals surface area contributed by atoms with Gasteiger partial charge in [-0.3, -0.25) is 0 Å². The van der Waals surface area contributed by atoms with Crippen molar-refractivity contribution in [1.29, 1.82) is 0 Å². The quantitative estimate of drug-likeness (QED) is 0.805. The van der Waals surface area contributed by atoms with Crippen LogP contribution in [0, 0.1) is 5.41 Å². The van der Waals surface area contributed by atoms with Crippen molar-refractivity contribution in [3.63, 3.8) is 0 Å². The second-order valence-electron chi connectivity index (χ2n) is 4.02. The molecule has 1 aromatic carbocycles. The molecule has 1 aliphatic carbocycles. The van der Waals surface area contributed by atoms with Crippen molar-refractivity contribution in [3.05, 3.63) is 28.2 Å². The molecule has 0 atom stereocenters. The highest BCUT2D eigenvalue weighted by Gasteiger charge is 2.42. The van der Waals surface area contributed by atoms with E-state index in [9.17, 15) is 0 Å². The molecule has 0 radical (unpaired) electrons. The van der Waals surface area contributed by atoms with Gasteiger partial charge in [0, 0.05) is 16.5 Å². The lowest BCUT2D eigenvalue weighted by molar-refractivity contribution is 0.251. The van der Waals surface area contributed by atoms with E-state index in [0.717, 1.165) is 5.75 Å². The minimum Gasteiger partial charge on any atom is -0.491 e. The summed E-state index contributed by atoms with van der Waals surface area (Å²) in [7, 11) is 0. The molecule has 0 aromatic heterocycles. The summed E-state index contributed by atoms with van der Waals surface area (Å²) in [4.78, 5) is 0. The van der Waals surface area contributed by atoms with E-state index in [1.807, 2.05) is 0 Å². The van der Waals surface area contributed by atoms with Gasteiger partial charge in [0.25, 0.3) is 0 Å². The first-order valence-corrected chi connectivity index (χ1v) is 6.23. The van der Waals surface area contributed by atoms with E-state index in [-0.39, 0.29) is 5.41 Å². The molecular weight excluding hydrogens is 251 g/mol. The summed E-state index contributed by atoms with van der Waals surface area (Å²) in [6.45, 7) is 0.677.